The maximum atomic E-state index is 13.3. The molecule has 0 spiro atoms. The molecule has 0 aliphatic carbocycles. The smallest absolute Gasteiger partial charge is 0.261 e. The van der Waals surface area contributed by atoms with Crippen LogP contribution in [0.1, 0.15) is 50.8 Å². The molecule has 0 bridgehead atoms. The summed E-state index contributed by atoms with van der Waals surface area (Å²) in [4.78, 5) is 27.9. The third-order valence-corrected chi connectivity index (χ3v) is 6.20. The maximum absolute atomic E-state index is 13.3. The van der Waals surface area contributed by atoms with Gasteiger partial charge in [-0.3, -0.25) is 9.59 Å². The van der Waals surface area contributed by atoms with Crippen LogP contribution in [0.5, 0.6) is 5.75 Å². The zero-order chi connectivity index (χ0) is 24.9. The molecule has 2 amide bonds. The van der Waals surface area contributed by atoms with Crippen molar-refractivity contribution in [3.05, 3.63) is 62.1 Å². The summed E-state index contributed by atoms with van der Waals surface area (Å²) < 4.78 is 5.79. The van der Waals surface area contributed by atoms with Crippen molar-refractivity contribution in [1.29, 1.82) is 0 Å². The second-order valence-corrected chi connectivity index (χ2v) is 10.3. The molecule has 180 valence electrons. The average molecular weight is 514 g/mol. The van der Waals surface area contributed by atoms with E-state index in [2.05, 4.69) is 5.32 Å². The van der Waals surface area contributed by atoms with Crippen molar-refractivity contribution in [3.8, 4) is 5.75 Å². The number of nitrogens with zero attached hydrogens (tertiary/aromatic N) is 1. The van der Waals surface area contributed by atoms with E-state index in [1.54, 1.807) is 30.3 Å². The number of nitrogens with one attached hydrogen (secondary N) is 1. The summed E-state index contributed by atoms with van der Waals surface area (Å²) in [6, 6.07) is 7.95. The number of hydrogen-bond donors (Lipinski definition) is 1. The number of hydrogen-bond acceptors (Lipinski definition) is 3. The monoisotopic (exact) mass is 512 g/mol. The van der Waals surface area contributed by atoms with E-state index in [1.165, 1.54) is 4.90 Å². The molecule has 0 heterocycles. The lowest BCUT2D eigenvalue weighted by Crippen LogP contribution is -2.54. The van der Waals surface area contributed by atoms with E-state index in [0.29, 0.717) is 32.8 Å². The highest BCUT2D eigenvalue weighted by Gasteiger charge is 2.31. The van der Waals surface area contributed by atoms with Crippen LogP contribution in [-0.2, 0) is 16.1 Å². The average Bonchev–Trinajstić information content (AvgIpc) is 2.70. The highest BCUT2D eigenvalue weighted by molar-refractivity contribution is 6.35. The van der Waals surface area contributed by atoms with Crippen LogP contribution in [-0.4, -0.2) is 34.9 Å². The summed E-state index contributed by atoms with van der Waals surface area (Å²) in [5.41, 5.74) is 1.97. The Morgan fingerprint density at radius 1 is 1.06 bits per heavy atom. The molecule has 1 N–H and O–H groups in total. The molecular weight excluding hydrogens is 483 g/mol. The van der Waals surface area contributed by atoms with Gasteiger partial charge in [0.1, 0.15) is 11.8 Å². The summed E-state index contributed by atoms with van der Waals surface area (Å²) in [6.45, 7) is 11.2. The van der Waals surface area contributed by atoms with Crippen LogP contribution < -0.4 is 10.1 Å². The van der Waals surface area contributed by atoms with Gasteiger partial charge in [0.2, 0.25) is 5.91 Å². The molecule has 2 aromatic carbocycles. The van der Waals surface area contributed by atoms with E-state index in [4.69, 9.17) is 39.5 Å². The summed E-state index contributed by atoms with van der Waals surface area (Å²) in [5.74, 6) is -0.0248. The summed E-state index contributed by atoms with van der Waals surface area (Å²) in [6.07, 6.45) is 0.429. The van der Waals surface area contributed by atoms with Gasteiger partial charge in [-0.2, -0.15) is 0 Å². The highest BCUT2D eigenvalue weighted by atomic mass is 35.5. The molecule has 5 nitrogen and oxygen atoms in total. The van der Waals surface area contributed by atoms with Gasteiger partial charge in [0.25, 0.3) is 5.91 Å². The molecule has 0 fully saturated rings. The quantitative estimate of drug-likeness (QED) is 0.446. The maximum Gasteiger partial charge on any atom is 0.261 e. The number of carbonyl (C=O) groups excluding carboxylic acids is 2. The lowest BCUT2D eigenvalue weighted by atomic mass is 10.1. The molecular formula is C25H31Cl3N2O3. The Kier molecular flexibility index (Phi) is 9.48. The van der Waals surface area contributed by atoms with Crippen LogP contribution in [0.25, 0.3) is 0 Å². The molecule has 0 aliphatic rings. The van der Waals surface area contributed by atoms with Crippen molar-refractivity contribution in [3.63, 3.8) is 0 Å². The fraction of sp³-hybridized carbons (Fsp3) is 0.440. The minimum atomic E-state index is -0.694. The van der Waals surface area contributed by atoms with Crippen molar-refractivity contribution in [1.82, 2.24) is 10.2 Å². The summed E-state index contributed by atoms with van der Waals surface area (Å²) in [5, 5.41) is 4.56. The second-order valence-electron chi connectivity index (χ2n) is 9.08. The van der Waals surface area contributed by atoms with Crippen molar-refractivity contribution >= 4 is 46.6 Å². The molecule has 2 aromatic rings. The van der Waals surface area contributed by atoms with Crippen molar-refractivity contribution in [2.24, 2.45) is 0 Å². The summed E-state index contributed by atoms with van der Waals surface area (Å²) >= 11 is 18.6. The van der Waals surface area contributed by atoms with Gasteiger partial charge >= 0.3 is 0 Å². The zero-order valence-corrected chi connectivity index (χ0v) is 22.2. The van der Waals surface area contributed by atoms with Crippen LogP contribution in [0.2, 0.25) is 15.1 Å². The fourth-order valence-corrected chi connectivity index (χ4v) is 4.00. The number of amides is 2. The number of halogens is 3. The van der Waals surface area contributed by atoms with Crippen LogP contribution in [0.15, 0.2) is 30.3 Å². The van der Waals surface area contributed by atoms with Gasteiger partial charge in [0.15, 0.2) is 6.61 Å². The molecule has 0 saturated heterocycles. The van der Waals surface area contributed by atoms with Crippen LogP contribution >= 0.6 is 34.8 Å². The van der Waals surface area contributed by atoms with Crippen molar-refractivity contribution in [2.75, 3.05) is 6.61 Å². The lowest BCUT2D eigenvalue weighted by molar-refractivity contribution is -0.143. The molecule has 0 saturated carbocycles. The Morgan fingerprint density at radius 2 is 1.67 bits per heavy atom. The van der Waals surface area contributed by atoms with Gasteiger partial charge in [-0.25, -0.2) is 0 Å². The number of ether oxygens (including phenoxy) is 1. The normalized spacial score (nSPS) is 12.3. The van der Waals surface area contributed by atoms with Crippen LogP contribution in [0.3, 0.4) is 0 Å². The molecule has 0 aliphatic heterocycles. The first-order valence-corrected chi connectivity index (χ1v) is 11.9. The Balaban J connectivity index is 2.31. The Morgan fingerprint density at radius 3 is 2.18 bits per heavy atom. The van der Waals surface area contributed by atoms with Crippen LogP contribution in [0, 0.1) is 13.8 Å². The SMILES string of the molecule is CCC(C(=O)NC(C)(C)C)N(Cc1ccc(Cl)cc1Cl)C(=O)COc1cc(C)c(Cl)c(C)c1. The standard InChI is InChI=1S/C25H31Cl3N2O3/c1-7-21(24(32)29-25(4,5)6)30(13-17-8-9-18(26)12-20(17)27)22(31)14-33-19-10-15(2)23(28)16(3)11-19/h8-12,21H,7,13-14H2,1-6H3,(H,29,32). The molecule has 1 atom stereocenters. The van der Waals surface area contributed by atoms with Gasteiger partial charge < -0.3 is 15.0 Å². The van der Waals surface area contributed by atoms with E-state index in [1.807, 2.05) is 41.5 Å². The molecule has 0 radical (unpaired) electrons. The van der Waals surface area contributed by atoms with Gasteiger partial charge in [0, 0.05) is 27.2 Å². The number of carbonyl (C=O) groups is 2. The van der Waals surface area contributed by atoms with Gasteiger partial charge in [-0.1, -0.05) is 47.8 Å². The second kappa shape index (κ2) is 11.5. The highest BCUT2D eigenvalue weighted by Crippen LogP contribution is 2.27. The predicted octanol–water partition coefficient (Wildman–Crippen LogP) is 6.36. The summed E-state index contributed by atoms with van der Waals surface area (Å²) in [7, 11) is 0. The van der Waals surface area contributed by atoms with Crippen molar-refractivity contribution < 1.29 is 14.3 Å². The van der Waals surface area contributed by atoms with E-state index >= 15 is 0 Å². The number of benzene rings is 2. The van der Waals surface area contributed by atoms with Crippen molar-refractivity contribution in [2.45, 2.75) is 66.1 Å². The zero-order valence-electron chi connectivity index (χ0n) is 19.9. The first kappa shape index (κ1) is 27.3. The largest absolute Gasteiger partial charge is 0.484 e. The fourth-order valence-electron chi connectivity index (χ4n) is 3.42. The molecule has 1 unspecified atom stereocenters. The van der Waals surface area contributed by atoms with Gasteiger partial charge in [-0.15, -0.1) is 0 Å². The first-order valence-electron chi connectivity index (χ1n) is 10.8. The van der Waals surface area contributed by atoms with Gasteiger partial charge in [-0.05, 0) is 82.0 Å². The molecule has 8 heteroatoms. The predicted molar refractivity (Wildman–Crippen MR) is 135 cm³/mol. The molecule has 2 rings (SSSR count). The number of rotatable bonds is 8. The van der Waals surface area contributed by atoms with E-state index in [-0.39, 0.29) is 25.0 Å². The third-order valence-electron chi connectivity index (χ3n) is 5.01. The number of aryl methyl sites for hydroxylation is 2. The van der Waals surface area contributed by atoms with E-state index < -0.39 is 11.6 Å². The lowest BCUT2D eigenvalue weighted by Gasteiger charge is -2.33. The molecule has 0 aromatic heterocycles. The topological polar surface area (TPSA) is 58.6 Å². The minimum Gasteiger partial charge on any atom is -0.484 e. The molecule has 33 heavy (non-hydrogen) atoms. The first-order chi connectivity index (χ1) is 15.3. The Bertz CT molecular complexity index is 995. The Hall–Kier alpha value is -1.95. The third kappa shape index (κ3) is 7.80. The van der Waals surface area contributed by atoms with E-state index in [9.17, 15) is 9.59 Å². The van der Waals surface area contributed by atoms with E-state index in [0.717, 1.165) is 11.1 Å². The minimum absolute atomic E-state index is 0.146. The van der Waals surface area contributed by atoms with Crippen LogP contribution in [0.4, 0.5) is 0 Å². The van der Waals surface area contributed by atoms with Gasteiger partial charge in [0.05, 0.1) is 0 Å². The Labute approximate surface area is 211 Å².